The van der Waals surface area contributed by atoms with Gasteiger partial charge in [-0.25, -0.2) is 14.2 Å². The van der Waals surface area contributed by atoms with Crippen molar-refractivity contribution in [3.8, 4) is 11.3 Å². The lowest BCUT2D eigenvalue weighted by molar-refractivity contribution is 0.625. The molecular weight excluding hydrogens is 293 g/mol. The van der Waals surface area contributed by atoms with Crippen LogP contribution in [0.1, 0.15) is 16.7 Å². The maximum Gasteiger partial charge on any atom is 0.345 e. The molecule has 1 aliphatic rings. The van der Waals surface area contributed by atoms with Crippen molar-refractivity contribution in [2.24, 2.45) is 4.99 Å². The number of rotatable bonds is 1. The lowest BCUT2D eigenvalue weighted by Gasteiger charge is -2.11. The summed E-state index contributed by atoms with van der Waals surface area (Å²) in [7, 11) is 0. The molecule has 3 aromatic rings. The van der Waals surface area contributed by atoms with Gasteiger partial charge < -0.3 is 4.98 Å². The summed E-state index contributed by atoms with van der Waals surface area (Å²) in [6, 6.07) is 14.1. The van der Waals surface area contributed by atoms with Gasteiger partial charge >= 0.3 is 5.69 Å². The Bertz CT molecular complexity index is 991. The highest BCUT2D eigenvalue weighted by Crippen LogP contribution is 2.30. The third-order valence-corrected chi connectivity index (χ3v) is 3.88. The molecule has 0 saturated heterocycles. The van der Waals surface area contributed by atoms with Crippen LogP contribution in [0.2, 0.25) is 0 Å². The first-order valence-corrected chi connectivity index (χ1v) is 7.21. The first-order valence-electron chi connectivity index (χ1n) is 7.21. The van der Waals surface area contributed by atoms with Crippen LogP contribution < -0.4 is 5.69 Å². The number of nitrogens with one attached hydrogen (secondary N) is 1. The highest BCUT2D eigenvalue weighted by Gasteiger charge is 2.21. The number of hydrogen-bond acceptors (Lipinski definition) is 3. The van der Waals surface area contributed by atoms with Gasteiger partial charge in [-0.15, -0.1) is 0 Å². The minimum absolute atomic E-state index is 0.321. The molecule has 4 rings (SSSR count). The number of nitrogens with zero attached hydrogens (tertiary/aromatic N) is 2. The van der Waals surface area contributed by atoms with E-state index in [2.05, 4.69) is 15.0 Å². The van der Waals surface area contributed by atoms with Gasteiger partial charge in [-0.2, -0.15) is 0 Å². The number of fused-ring (bicyclic) bond motifs is 3. The van der Waals surface area contributed by atoms with Crippen LogP contribution in [0.3, 0.4) is 0 Å². The van der Waals surface area contributed by atoms with Crippen molar-refractivity contribution >= 4 is 5.71 Å². The van der Waals surface area contributed by atoms with Crippen molar-refractivity contribution in [3.63, 3.8) is 0 Å². The van der Waals surface area contributed by atoms with Gasteiger partial charge in [0.1, 0.15) is 5.82 Å². The molecule has 1 N–H and O–H groups in total. The maximum absolute atomic E-state index is 14.2. The summed E-state index contributed by atoms with van der Waals surface area (Å²) < 4.78 is 14.2. The van der Waals surface area contributed by atoms with Crippen LogP contribution in [0.15, 0.2) is 64.5 Å². The fourth-order valence-corrected chi connectivity index (χ4v) is 2.82. The van der Waals surface area contributed by atoms with E-state index in [0.717, 1.165) is 16.7 Å². The van der Waals surface area contributed by atoms with E-state index in [1.54, 1.807) is 18.2 Å². The van der Waals surface area contributed by atoms with E-state index in [1.807, 2.05) is 24.3 Å². The molecule has 0 fully saturated rings. The van der Waals surface area contributed by atoms with Gasteiger partial charge in [0.05, 0.1) is 18.0 Å². The fraction of sp³-hybridized carbons (Fsp3) is 0.0556. The molecule has 0 amide bonds. The molecule has 0 atom stereocenters. The molecule has 0 spiro atoms. The Kier molecular flexibility index (Phi) is 3.12. The number of halogens is 1. The summed E-state index contributed by atoms with van der Waals surface area (Å²) in [5.74, 6) is -0.321. The Labute approximate surface area is 131 Å². The number of H-pyrrole nitrogens is 1. The van der Waals surface area contributed by atoms with Crippen molar-refractivity contribution in [1.82, 2.24) is 9.97 Å². The van der Waals surface area contributed by atoms with E-state index in [9.17, 15) is 9.18 Å². The summed E-state index contributed by atoms with van der Waals surface area (Å²) in [4.78, 5) is 22.7. The molecule has 0 bridgehead atoms. The smallest absolute Gasteiger partial charge is 0.305 e. The minimum atomic E-state index is -0.409. The maximum atomic E-state index is 14.2. The van der Waals surface area contributed by atoms with Crippen LogP contribution in [0.5, 0.6) is 0 Å². The second-order valence-corrected chi connectivity index (χ2v) is 5.28. The number of aromatic nitrogens is 2. The molecule has 5 heteroatoms. The van der Waals surface area contributed by atoms with Crippen LogP contribution in [0, 0.1) is 5.82 Å². The Morgan fingerprint density at radius 2 is 1.65 bits per heavy atom. The standard InChI is InChI=1S/C18H12FN3O/c19-15-8-4-3-7-14(15)17-13-6-2-1-5-12(13)16-11(9-20-17)10-21-18(23)22-16/h1-8,10H,9H2,(H,21,22,23). The highest BCUT2D eigenvalue weighted by atomic mass is 19.1. The molecule has 1 aromatic heterocycles. The van der Waals surface area contributed by atoms with E-state index in [4.69, 9.17) is 0 Å². The summed E-state index contributed by atoms with van der Waals surface area (Å²) in [6.07, 6.45) is 1.53. The monoisotopic (exact) mass is 305 g/mol. The second kappa shape index (κ2) is 5.28. The second-order valence-electron chi connectivity index (χ2n) is 5.28. The van der Waals surface area contributed by atoms with Gasteiger partial charge in [-0.3, -0.25) is 4.99 Å². The van der Waals surface area contributed by atoms with Crippen molar-refractivity contribution < 1.29 is 4.39 Å². The molecule has 2 heterocycles. The Balaban J connectivity index is 2.02. The molecule has 0 saturated carbocycles. The number of hydrogen-bond donors (Lipinski definition) is 1. The SMILES string of the molecule is O=c1ncc2c([nH]1)-c1ccccc1C(c1ccccc1F)=NC2. The van der Waals surface area contributed by atoms with Gasteiger partial charge in [-0.1, -0.05) is 36.4 Å². The predicted octanol–water partition coefficient (Wildman–Crippen LogP) is 2.93. The van der Waals surface area contributed by atoms with Crippen molar-refractivity contribution in [1.29, 1.82) is 0 Å². The normalized spacial score (nSPS) is 12.8. The van der Waals surface area contributed by atoms with Crippen LogP contribution >= 0.6 is 0 Å². The van der Waals surface area contributed by atoms with Crippen LogP contribution in [-0.2, 0) is 6.54 Å². The first-order chi connectivity index (χ1) is 11.2. The predicted molar refractivity (Wildman–Crippen MR) is 86.0 cm³/mol. The van der Waals surface area contributed by atoms with E-state index in [-0.39, 0.29) is 5.82 Å². The number of aliphatic imine (C=N–C) groups is 1. The van der Waals surface area contributed by atoms with Gasteiger partial charge in [0, 0.05) is 28.5 Å². The van der Waals surface area contributed by atoms with Crippen LogP contribution in [0.4, 0.5) is 4.39 Å². The largest absolute Gasteiger partial charge is 0.345 e. The first kappa shape index (κ1) is 13.6. The van der Waals surface area contributed by atoms with Crippen LogP contribution in [-0.4, -0.2) is 15.7 Å². The summed E-state index contributed by atoms with van der Waals surface area (Å²) in [6.45, 7) is 0.331. The van der Waals surface area contributed by atoms with E-state index < -0.39 is 5.69 Å². The lowest BCUT2D eigenvalue weighted by Crippen LogP contribution is -2.12. The molecule has 112 valence electrons. The molecule has 2 aromatic carbocycles. The average Bonchev–Trinajstić information content (AvgIpc) is 2.73. The summed E-state index contributed by atoms with van der Waals surface area (Å²) >= 11 is 0. The fourth-order valence-electron chi connectivity index (χ4n) is 2.82. The minimum Gasteiger partial charge on any atom is -0.305 e. The lowest BCUT2D eigenvalue weighted by atomic mass is 9.95. The Morgan fingerprint density at radius 1 is 0.957 bits per heavy atom. The topological polar surface area (TPSA) is 58.1 Å². The van der Waals surface area contributed by atoms with Gasteiger partial charge in [0.15, 0.2) is 0 Å². The van der Waals surface area contributed by atoms with Gasteiger partial charge in [0.2, 0.25) is 0 Å². The van der Waals surface area contributed by atoms with Gasteiger partial charge in [0.25, 0.3) is 0 Å². The zero-order valence-corrected chi connectivity index (χ0v) is 12.1. The molecular formula is C18H12FN3O. The van der Waals surface area contributed by atoms with E-state index >= 15 is 0 Å². The molecule has 0 unspecified atom stereocenters. The van der Waals surface area contributed by atoms with Crippen LogP contribution in [0.25, 0.3) is 11.3 Å². The quantitative estimate of drug-likeness (QED) is 0.751. The number of aromatic amines is 1. The zero-order chi connectivity index (χ0) is 15.8. The molecule has 1 aliphatic heterocycles. The summed E-state index contributed by atoms with van der Waals surface area (Å²) in [5, 5.41) is 0. The zero-order valence-electron chi connectivity index (χ0n) is 12.1. The van der Waals surface area contributed by atoms with Crippen molar-refractivity contribution in [2.45, 2.75) is 6.54 Å². The third kappa shape index (κ3) is 2.26. The molecule has 4 nitrogen and oxygen atoms in total. The number of benzene rings is 2. The van der Waals surface area contributed by atoms with E-state index in [0.29, 0.717) is 23.5 Å². The average molecular weight is 305 g/mol. The van der Waals surface area contributed by atoms with Crippen molar-refractivity contribution in [2.75, 3.05) is 0 Å². The molecule has 0 radical (unpaired) electrons. The molecule has 0 aliphatic carbocycles. The molecule has 23 heavy (non-hydrogen) atoms. The Morgan fingerprint density at radius 3 is 2.43 bits per heavy atom. The Hall–Kier alpha value is -3.08. The van der Waals surface area contributed by atoms with Gasteiger partial charge in [-0.05, 0) is 12.1 Å². The highest BCUT2D eigenvalue weighted by molar-refractivity contribution is 6.16. The van der Waals surface area contributed by atoms with Crippen molar-refractivity contribution in [3.05, 3.63) is 87.7 Å². The summed E-state index contributed by atoms with van der Waals surface area (Å²) in [5.41, 5.74) is 3.73. The van der Waals surface area contributed by atoms with E-state index in [1.165, 1.54) is 12.3 Å². The third-order valence-electron chi connectivity index (χ3n) is 3.88.